The van der Waals surface area contributed by atoms with Gasteiger partial charge in [-0.25, -0.2) is 9.78 Å². The number of nitrogens with zero attached hydrogens (tertiary/aromatic N) is 4. The molecule has 0 aliphatic heterocycles. The molecule has 0 spiro atoms. The molecular formula is C15H17ClN4O2. The second kappa shape index (κ2) is 3.74. The van der Waals surface area contributed by atoms with E-state index in [1.807, 2.05) is 0 Å². The lowest BCUT2D eigenvalue weighted by Gasteiger charge is -2.43. The molecule has 0 radical (unpaired) electrons. The van der Waals surface area contributed by atoms with Gasteiger partial charge in [0.2, 0.25) is 5.28 Å². The van der Waals surface area contributed by atoms with Crippen molar-refractivity contribution in [1.82, 2.24) is 19.1 Å². The van der Waals surface area contributed by atoms with E-state index in [9.17, 15) is 9.90 Å². The lowest BCUT2D eigenvalue weighted by Crippen LogP contribution is -2.50. The third-order valence-corrected chi connectivity index (χ3v) is 6.32. The highest BCUT2D eigenvalue weighted by Gasteiger charge is 2.63. The average Bonchev–Trinajstić information content (AvgIpc) is 2.92. The highest BCUT2D eigenvalue weighted by Crippen LogP contribution is 2.64. The summed E-state index contributed by atoms with van der Waals surface area (Å²) in [5.41, 5.74) is 0.285. The molecule has 6 rings (SSSR count). The number of rotatable bonds is 1. The zero-order chi connectivity index (χ0) is 15.3. The summed E-state index contributed by atoms with van der Waals surface area (Å²) in [6.45, 7) is 0. The van der Waals surface area contributed by atoms with Crippen LogP contribution in [0.2, 0.25) is 5.28 Å². The Morgan fingerprint density at radius 2 is 2.00 bits per heavy atom. The predicted octanol–water partition coefficient (Wildman–Crippen LogP) is 1.43. The third-order valence-electron chi connectivity index (χ3n) is 6.14. The molecule has 116 valence electrons. The van der Waals surface area contributed by atoms with Gasteiger partial charge in [0.25, 0.3) is 0 Å². The van der Waals surface area contributed by atoms with E-state index in [1.54, 1.807) is 22.4 Å². The molecule has 4 aliphatic carbocycles. The Morgan fingerprint density at radius 3 is 2.64 bits per heavy atom. The monoisotopic (exact) mass is 320 g/mol. The molecule has 2 heterocycles. The Morgan fingerprint density at radius 1 is 1.32 bits per heavy atom. The molecule has 0 saturated heterocycles. The maximum absolute atomic E-state index is 12.8. The quantitative estimate of drug-likeness (QED) is 0.807. The van der Waals surface area contributed by atoms with Gasteiger partial charge in [0, 0.05) is 7.05 Å². The molecule has 4 fully saturated rings. The molecule has 0 amide bonds. The van der Waals surface area contributed by atoms with E-state index < -0.39 is 5.60 Å². The standard InChI is InChI=1S/C15H17ClN4O2/c1-19-10-6-17-12(16)18-11(10)20(13(19)21)14-2-8-4-15(22,7-14)5-9(8)3-14/h6,8-9,22H,2-5,7H2,1H3. The number of aryl methyl sites for hydroxylation is 1. The van der Waals surface area contributed by atoms with Crippen LogP contribution in [0.1, 0.15) is 32.1 Å². The number of halogens is 1. The normalized spacial score (nSPS) is 39.2. The molecule has 0 aromatic carbocycles. The zero-order valence-electron chi connectivity index (χ0n) is 12.3. The van der Waals surface area contributed by atoms with Crippen molar-refractivity contribution in [3.63, 3.8) is 0 Å². The van der Waals surface area contributed by atoms with Crippen LogP contribution in [0.15, 0.2) is 11.0 Å². The van der Waals surface area contributed by atoms with Crippen molar-refractivity contribution >= 4 is 22.8 Å². The molecule has 4 aliphatic rings. The van der Waals surface area contributed by atoms with Crippen LogP contribution in [0.4, 0.5) is 0 Å². The SMILES string of the molecule is Cn1c(=O)n(C23CC4CC(O)(CC4C2)C3)c2nc(Cl)ncc21. The van der Waals surface area contributed by atoms with Crippen molar-refractivity contribution in [2.75, 3.05) is 0 Å². The van der Waals surface area contributed by atoms with E-state index in [1.165, 1.54) is 0 Å². The molecule has 4 saturated carbocycles. The fourth-order valence-corrected chi connectivity index (χ4v) is 5.74. The minimum atomic E-state index is -0.607. The second-order valence-corrected chi connectivity index (χ2v) is 7.83. The summed E-state index contributed by atoms with van der Waals surface area (Å²) in [7, 11) is 1.74. The summed E-state index contributed by atoms with van der Waals surface area (Å²) < 4.78 is 3.38. The van der Waals surface area contributed by atoms with E-state index in [4.69, 9.17) is 11.6 Å². The Labute approximate surface area is 131 Å². The molecule has 2 aromatic rings. The van der Waals surface area contributed by atoms with Crippen molar-refractivity contribution in [2.45, 2.75) is 43.2 Å². The van der Waals surface area contributed by atoms with Crippen LogP contribution in [0.25, 0.3) is 11.2 Å². The number of aromatic nitrogens is 4. The maximum Gasteiger partial charge on any atom is 0.330 e. The van der Waals surface area contributed by atoms with Gasteiger partial charge in [-0.05, 0) is 55.5 Å². The summed E-state index contributed by atoms with van der Waals surface area (Å²) in [5.74, 6) is 1.05. The summed E-state index contributed by atoms with van der Waals surface area (Å²) in [6, 6.07) is 0. The van der Waals surface area contributed by atoms with E-state index in [0.29, 0.717) is 29.4 Å². The Hall–Kier alpha value is -1.40. The molecule has 7 heteroatoms. The Balaban J connectivity index is 1.80. The van der Waals surface area contributed by atoms with Gasteiger partial charge < -0.3 is 5.11 Å². The number of aliphatic hydroxyl groups is 1. The predicted molar refractivity (Wildman–Crippen MR) is 80.8 cm³/mol. The van der Waals surface area contributed by atoms with Crippen molar-refractivity contribution in [2.24, 2.45) is 18.9 Å². The van der Waals surface area contributed by atoms with Gasteiger partial charge >= 0.3 is 5.69 Å². The number of hydrogen-bond acceptors (Lipinski definition) is 4. The van der Waals surface area contributed by atoms with Crippen LogP contribution in [-0.4, -0.2) is 29.8 Å². The summed E-state index contributed by atoms with van der Waals surface area (Å²) in [6.07, 6.45) is 5.93. The topological polar surface area (TPSA) is 72.9 Å². The Bertz CT molecular complexity index is 856. The molecule has 22 heavy (non-hydrogen) atoms. The highest BCUT2D eigenvalue weighted by atomic mass is 35.5. The van der Waals surface area contributed by atoms with Gasteiger partial charge in [0.05, 0.1) is 17.3 Å². The van der Waals surface area contributed by atoms with Gasteiger partial charge in [0.1, 0.15) is 5.52 Å². The van der Waals surface area contributed by atoms with E-state index in [2.05, 4.69) is 9.97 Å². The lowest BCUT2D eigenvalue weighted by atomic mass is 9.73. The fourth-order valence-electron chi connectivity index (χ4n) is 5.61. The smallest absolute Gasteiger partial charge is 0.330 e. The summed E-state index contributed by atoms with van der Waals surface area (Å²) >= 11 is 5.96. The number of imidazole rings is 1. The first-order chi connectivity index (χ1) is 10.4. The van der Waals surface area contributed by atoms with Gasteiger partial charge in [0.15, 0.2) is 5.65 Å². The Kier molecular flexibility index (Phi) is 2.22. The average molecular weight is 321 g/mol. The minimum absolute atomic E-state index is 0.0860. The largest absolute Gasteiger partial charge is 0.390 e. The summed E-state index contributed by atoms with van der Waals surface area (Å²) in [4.78, 5) is 21.2. The van der Waals surface area contributed by atoms with Gasteiger partial charge in [-0.1, -0.05) is 0 Å². The van der Waals surface area contributed by atoms with Crippen molar-refractivity contribution < 1.29 is 5.11 Å². The van der Waals surface area contributed by atoms with Crippen LogP contribution >= 0.6 is 11.6 Å². The number of fused-ring (bicyclic) bond motifs is 1. The fraction of sp³-hybridized carbons (Fsp3) is 0.667. The van der Waals surface area contributed by atoms with E-state index in [0.717, 1.165) is 25.7 Å². The zero-order valence-corrected chi connectivity index (χ0v) is 13.0. The summed E-state index contributed by atoms with van der Waals surface area (Å²) in [5, 5.41) is 10.9. The van der Waals surface area contributed by atoms with E-state index in [-0.39, 0.29) is 16.5 Å². The van der Waals surface area contributed by atoms with Gasteiger partial charge in [-0.3, -0.25) is 9.13 Å². The van der Waals surface area contributed by atoms with Crippen LogP contribution in [0, 0.1) is 11.8 Å². The number of hydrogen-bond donors (Lipinski definition) is 1. The van der Waals surface area contributed by atoms with Gasteiger partial charge in [-0.2, -0.15) is 4.98 Å². The maximum atomic E-state index is 12.8. The van der Waals surface area contributed by atoms with Crippen molar-refractivity contribution in [1.29, 1.82) is 0 Å². The van der Waals surface area contributed by atoms with Gasteiger partial charge in [-0.15, -0.1) is 0 Å². The van der Waals surface area contributed by atoms with Crippen LogP contribution in [0.3, 0.4) is 0 Å². The molecule has 1 N–H and O–H groups in total. The second-order valence-electron chi connectivity index (χ2n) is 7.49. The molecule has 2 aromatic heterocycles. The van der Waals surface area contributed by atoms with E-state index >= 15 is 0 Å². The molecule has 4 bridgehead atoms. The third kappa shape index (κ3) is 1.42. The minimum Gasteiger partial charge on any atom is -0.390 e. The molecule has 2 atom stereocenters. The molecule has 2 unspecified atom stereocenters. The molecule has 6 nitrogen and oxygen atoms in total. The first-order valence-corrected chi connectivity index (χ1v) is 8.12. The van der Waals surface area contributed by atoms with Crippen molar-refractivity contribution in [3.8, 4) is 0 Å². The lowest BCUT2D eigenvalue weighted by molar-refractivity contribution is -0.0421. The first-order valence-electron chi connectivity index (χ1n) is 7.74. The first kappa shape index (κ1) is 13.1. The van der Waals surface area contributed by atoms with Crippen LogP contribution in [-0.2, 0) is 12.6 Å². The van der Waals surface area contributed by atoms with Crippen LogP contribution < -0.4 is 5.69 Å². The molecular weight excluding hydrogens is 304 g/mol. The van der Waals surface area contributed by atoms with Crippen LogP contribution in [0.5, 0.6) is 0 Å². The highest BCUT2D eigenvalue weighted by molar-refractivity contribution is 6.28. The van der Waals surface area contributed by atoms with Crippen molar-refractivity contribution in [3.05, 3.63) is 22.0 Å².